The average Bonchev–Trinajstić information content (AvgIpc) is 2.48. The third-order valence-electron chi connectivity index (χ3n) is 2.55. The van der Waals surface area contributed by atoms with Gasteiger partial charge >= 0.3 is 0 Å². The Morgan fingerprint density at radius 3 is 2.62 bits per heavy atom. The van der Waals surface area contributed by atoms with Crippen molar-refractivity contribution in [2.75, 3.05) is 13.1 Å². The molecule has 0 aromatic rings. The zero-order chi connectivity index (χ0) is 10.1. The highest BCUT2D eigenvalue weighted by Crippen LogP contribution is 2.24. The third-order valence-corrected chi connectivity index (χ3v) is 2.55. The normalized spacial score (nSPS) is 23.7. The highest BCUT2D eigenvalue weighted by molar-refractivity contribution is 5.82. The minimum Gasteiger partial charge on any atom is -0.338 e. The molecule has 1 amide bonds. The molecule has 1 aliphatic rings. The number of amides is 1. The molecule has 3 heteroatoms. The molecule has 0 unspecified atom stereocenters. The molecule has 0 radical (unpaired) electrons. The molecule has 0 bridgehead atoms. The van der Waals surface area contributed by atoms with Gasteiger partial charge in [0.1, 0.15) is 0 Å². The van der Waals surface area contributed by atoms with Crippen LogP contribution in [0.1, 0.15) is 33.6 Å². The minimum absolute atomic E-state index is 0.237. The van der Waals surface area contributed by atoms with Gasteiger partial charge in [-0.1, -0.05) is 20.8 Å². The van der Waals surface area contributed by atoms with Gasteiger partial charge in [0.15, 0.2) is 0 Å². The predicted octanol–water partition coefficient (Wildman–Crippen LogP) is 0.982. The summed E-state index contributed by atoms with van der Waals surface area (Å²) < 4.78 is 0. The number of nitrogens with zero attached hydrogens (tertiary/aromatic N) is 1. The summed E-state index contributed by atoms with van der Waals surface area (Å²) in [4.78, 5) is 13.9. The van der Waals surface area contributed by atoms with Crippen molar-refractivity contribution >= 4 is 5.91 Å². The van der Waals surface area contributed by atoms with Crippen molar-refractivity contribution in [2.24, 2.45) is 11.1 Å². The maximum absolute atomic E-state index is 11.9. The van der Waals surface area contributed by atoms with Crippen LogP contribution in [0.4, 0.5) is 0 Å². The van der Waals surface area contributed by atoms with E-state index in [9.17, 15) is 4.79 Å². The van der Waals surface area contributed by atoms with Crippen LogP contribution in [0.3, 0.4) is 0 Å². The Kier molecular flexibility index (Phi) is 2.96. The first-order chi connectivity index (χ1) is 5.96. The SMILES string of the molecule is CC(C)(C)C(=O)N1CCC[C@@H]1CN. The largest absolute Gasteiger partial charge is 0.338 e. The van der Waals surface area contributed by atoms with Crippen LogP contribution in [0.2, 0.25) is 0 Å². The summed E-state index contributed by atoms with van der Waals surface area (Å²) in [5.74, 6) is 0.237. The van der Waals surface area contributed by atoms with Gasteiger partial charge < -0.3 is 10.6 Å². The molecule has 1 heterocycles. The van der Waals surface area contributed by atoms with Crippen molar-refractivity contribution in [3.05, 3.63) is 0 Å². The standard InChI is InChI=1S/C10H20N2O/c1-10(2,3)9(13)12-6-4-5-8(12)7-11/h8H,4-7,11H2,1-3H3/t8-/m1/s1. The zero-order valence-electron chi connectivity index (χ0n) is 8.84. The maximum Gasteiger partial charge on any atom is 0.228 e. The summed E-state index contributed by atoms with van der Waals surface area (Å²) in [5.41, 5.74) is 5.35. The number of carbonyl (C=O) groups is 1. The van der Waals surface area contributed by atoms with E-state index in [2.05, 4.69) is 0 Å². The van der Waals surface area contributed by atoms with Crippen LogP contribution in [0.5, 0.6) is 0 Å². The van der Waals surface area contributed by atoms with Gasteiger partial charge in [-0.15, -0.1) is 0 Å². The Balaban J connectivity index is 2.66. The van der Waals surface area contributed by atoms with E-state index in [0.717, 1.165) is 19.4 Å². The van der Waals surface area contributed by atoms with E-state index in [4.69, 9.17) is 5.73 Å². The second-order valence-corrected chi connectivity index (χ2v) is 4.78. The number of hydrogen-bond donors (Lipinski definition) is 1. The van der Waals surface area contributed by atoms with Crippen molar-refractivity contribution < 1.29 is 4.79 Å². The second-order valence-electron chi connectivity index (χ2n) is 4.78. The predicted molar refractivity (Wildman–Crippen MR) is 53.2 cm³/mol. The summed E-state index contributed by atoms with van der Waals surface area (Å²) in [5, 5.41) is 0. The van der Waals surface area contributed by atoms with Crippen molar-refractivity contribution in [2.45, 2.75) is 39.7 Å². The van der Waals surface area contributed by atoms with Crippen molar-refractivity contribution in [3.63, 3.8) is 0 Å². The average molecular weight is 184 g/mol. The number of nitrogens with two attached hydrogens (primary N) is 1. The fraction of sp³-hybridized carbons (Fsp3) is 0.900. The smallest absolute Gasteiger partial charge is 0.228 e. The van der Waals surface area contributed by atoms with Crippen LogP contribution in [-0.4, -0.2) is 29.9 Å². The first-order valence-electron chi connectivity index (χ1n) is 4.98. The zero-order valence-corrected chi connectivity index (χ0v) is 8.84. The Bertz CT molecular complexity index is 196. The maximum atomic E-state index is 11.9. The lowest BCUT2D eigenvalue weighted by molar-refractivity contribution is -0.140. The van der Waals surface area contributed by atoms with Crippen LogP contribution in [0, 0.1) is 5.41 Å². The number of likely N-dealkylation sites (tertiary alicyclic amines) is 1. The van der Waals surface area contributed by atoms with E-state index in [1.54, 1.807) is 0 Å². The molecule has 1 fully saturated rings. The molecule has 0 aliphatic carbocycles. The van der Waals surface area contributed by atoms with Gasteiger partial charge in [0.25, 0.3) is 0 Å². The molecule has 0 saturated carbocycles. The quantitative estimate of drug-likeness (QED) is 0.660. The van der Waals surface area contributed by atoms with Crippen molar-refractivity contribution in [1.29, 1.82) is 0 Å². The Labute approximate surface area is 80.3 Å². The number of rotatable bonds is 1. The van der Waals surface area contributed by atoms with E-state index in [-0.39, 0.29) is 17.4 Å². The summed E-state index contributed by atoms with van der Waals surface area (Å²) in [6, 6.07) is 0.284. The first-order valence-corrected chi connectivity index (χ1v) is 4.98. The van der Waals surface area contributed by atoms with Gasteiger partial charge in [-0.3, -0.25) is 4.79 Å². The van der Waals surface area contributed by atoms with Gasteiger partial charge in [0.05, 0.1) is 0 Å². The fourth-order valence-electron chi connectivity index (χ4n) is 1.78. The van der Waals surface area contributed by atoms with Crippen molar-refractivity contribution in [3.8, 4) is 0 Å². The number of carbonyl (C=O) groups excluding carboxylic acids is 1. The Morgan fingerprint density at radius 1 is 1.54 bits per heavy atom. The lowest BCUT2D eigenvalue weighted by Crippen LogP contribution is -2.45. The molecule has 1 saturated heterocycles. The highest BCUT2D eigenvalue weighted by Gasteiger charge is 2.33. The van der Waals surface area contributed by atoms with Crippen LogP contribution in [-0.2, 0) is 4.79 Å². The molecular weight excluding hydrogens is 164 g/mol. The summed E-state index contributed by atoms with van der Waals surface area (Å²) in [6.45, 7) is 7.36. The highest BCUT2D eigenvalue weighted by atomic mass is 16.2. The molecule has 13 heavy (non-hydrogen) atoms. The van der Waals surface area contributed by atoms with Gasteiger partial charge in [-0.2, -0.15) is 0 Å². The second kappa shape index (κ2) is 3.66. The Hall–Kier alpha value is -0.570. The molecule has 0 aromatic heterocycles. The molecule has 1 rings (SSSR count). The molecule has 0 spiro atoms. The van der Waals surface area contributed by atoms with Crippen LogP contribution in [0.15, 0.2) is 0 Å². The van der Waals surface area contributed by atoms with Crippen LogP contribution < -0.4 is 5.73 Å². The van der Waals surface area contributed by atoms with Gasteiger partial charge in [-0.25, -0.2) is 0 Å². The van der Waals surface area contributed by atoms with Gasteiger partial charge in [0, 0.05) is 24.5 Å². The Morgan fingerprint density at radius 2 is 2.15 bits per heavy atom. The first kappa shape index (κ1) is 10.5. The van der Waals surface area contributed by atoms with E-state index in [0.29, 0.717) is 6.54 Å². The summed E-state index contributed by atoms with van der Waals surface area (Å²) >= 11 is 0. The molecular formula is C10H20N2O. The third kappa shape index (κ3) is 2.21. The molecule has 76 valence electrons. The van der Waals surface area contributed by atoms with Crippen LogP contribution in [0.25, 0.3) is 0 Å². The molecule has 1 atom stereocenters. The monoisotopic (exact) mass is 184 g/mol. The molecule has 0 aromatic carbocycles. The van der Waals surface area contributed by atoms with E-state index in [1.165, 1.54) is 0 Å². The van der Waals surface area contributed by atoms with Gasteiger partial charge in [0.2, 0.25) is 5.91 Å². The summed E-state index contributed by atoms with van der Waals surface area (Å²) in [7, 11) is 0. The molecule has 3 nitrogen and oxygen atoms in total. The van der Waals surface area contributed by atoms with Crippen LogP contribution >= 0.6 is 0 Å². The fourth-order valence-corrected chi connectivity index (χ4v) is 1.78. The number of hydrogen-bond acceptors (Lipinski definition) is 2. The molecule has 2 N–H and O–H groups in total. The topological polar surface area (TPSA) is 46.3 Å². The van der Waals surface area contributed by atoms with E-state index >= 15 is 0 Å². The molecule has 1 aliphatic heterocycles. The minimum atomic E-state index is -0.266. The summed E-state index contributed by atoms with van der Waals surface area (Å²) in [6.07, 6.45) is 2.17. The lowest BCUT2D eigenvalue weighted by Gasteiger charge is -2.30. The van der Waals surface area contributed by atoms with E-state index in [1.807, 2.05) is 25.7 Å². The lowest BCUT2D eigenvalue weighted by atomic mass is 9.94. The van der Waals surface area contributed by atoms with Gasteiger partial charge in [-0.05, 0) is 12.8 Å². The van der Waals surface area contributed by atoms with E-state index < -0.39 is 0 Å². The van der Waals surface area contributed by atoms with Crippen molar-refractivity contribution in [1.82, 2.24) is 4.90 Å².